The second kappa shape index (κ2) is 4.80. The summed E-state index contributed by atoms with van der Waals surface area (Å²) in [5, 5.41) is 10.6. The largest absolute Gasteiger partial charge is 0.355 e. The highest BCUT2D eigenvalue weighted by Crippen LogP contribution is 2.30. The third-order valence-corrected chi connectivity index (χ3v) is 3.94. The standard InChI is InChI=1S/C15H13N5O2/c21-20(22)11-5-6-14(16-7-11)19-8-10(9-19)15-17-12-3-1-2-4-13(12)18-15/h1-7,10H,8-9H2,(H,17,18). The Morgan fingerprint density at radius 2 is 2.05 bits per heavy atom. The number of pyridine rings is 1. The van der Waals surface area contributed by atoms with Crippen molar-refractivity contribution in [1.29, 1.82) is 0 Å². The summed E-state index contributed by atoms with van der Waals surface area (Å²) in [7, 11) is 0. The average Bonchev–Trinajstić information content (AvgIpc) is 2.89. The van der Waals surface area contributed by atoms with Gasteiger partial charge in [0, 0.05) is 19.2 Å². The minimum atomic E-state index is -0.440. The SMILES string of the molecule is O=[N+]([O-])c1ccc(N2CC(c3nc4ccccc4[nH]3)C2)nc1. The lowest BCUT2D eigenvalue weighted by Gasteiger charge is -2.38. The molecule has 1 aromatic carbocycles. The zero-order valence-corrected chi connectivity index (χ0v) is 11.6. The lowest BCUT2D eigenvalue weighted by molar-refractivity contribution is -0.385. The fourth-order valence-electron chi connectivity index (χ4n) is 2.68. The van der Waals surface area contributed by atoms with Crippen LogP contribution in [0.5, 0.6) is 0 Å². The maximum atomic E-state index is 10.6. The lowest BCUT2D eigenvalue weighted by atomic mass is 9.99. The number of fused-ring (bicyclic) bond motifs is 1. The maximum Gasteiger partial charge on any atom is 0.287 e. The predicted octanol–water partition coefficient (Wildman–Crippen LogP) is 2.47. The molecule has 0 unspecified atom stereocenters. The molecule has 1 saturated heterocycles. The molecular formula is C15H13N5O2. The van der Waals surface area contributed by atoms with E-state index < -0.39 is 4.92 Å². The van der Waals surface area contributed by atoms with Gasteiger partial charge in [0.15, 0.2) is 0 Å². The summed E-state index contributed by atoms with van der Waals surface area (Å²) in [6.45, 7) is 1.62. The van der Waals surface area contributed by atoms with Gasteiger partial charge in [0.1, 0.15) is 17.8 Å². The summed E-state index contributed by atoms with van der Waals surface area (Å²) in [5.74, 6) is 2.08. The number of benzene rings is 1. The molecule has 0 radical (unpaired) electrons. The number of nitro groups is 1. The van der Waals surface area contributed by atoms with Gasteiger partial charge in [0.05, 0.1) is 21.9 Å². The molecule has 3 aromatic rings. The van der Waals surface area contributed by atoms with Crippen molar-refractivity contribution in [2.45, 2.75) is 5.92 Å². The normalized spacial score (nSPS) is 15.0. The van der Waals surface area contributed by atoms with Crippen LogP contribution in [0.25, 0.3) is 11.0 Å². The van der Waals surface area contributed by atoms with Gasteiger partial charge < -0.3 is 9.88 Å². The van der Waals surface area contributed by atoms with E-state index in [4.69, 9.17) is 0 Å². The highest BCUT2D eigenvalue weighted by atomic mass is 16.6. The third kappa shape index (κ3) is 2.07. The van der Waals surface area contributed by atoms with Crippen molar-refractivity contribution >= 4 is 22.5 Å². The first kappa shape index (κ1) is 12.8. The number of nitrogens with zero attached hydrogens (tertiary/aromatic N) is 4. The fourth-order valence-corrected chi connectivity index (χ4v) is 2.68. The van der Waals surface area contributed by atoms with Crippen LogP contribution >= 0.6 is 0 Å². The molecule has 22 heavy (non-hydrogen) atoms. The van der Waals surface area contributed by atoms with Gasteiger partial charge in [-0.1, -0.05) is 12.1 Å². The van der Waals surface area contributed by atoms with Gasteiger partial charge in [0.2, 0.25) is 0 Å². The second-order valence-electron chi connectivity index (χ2n) is 5.37. The first-order valence-corrected chi connectivity index (χ1v) is 7.01. The summed E-state index contributed by atoms with van der Waals surface area (Å²) < 4.78 is 0. The smallest absolute Gasteiger partial charge is 0.287 e. The monoisotopic (exact) mass is 295 g/mol. The molecule has 1 N–H and O–H groups in total. The fraction of sp³-hybridized carbons (Fsp3) is 0.200. The van der Waals surface area contributed by atoms with Gasteiger partial charge in [-0.15, -0.1) is 0 Å². The number of hydrogen-bond acceptors (Lipinski definition) is 5. The molecular weight excluding hydrogens is 282 g/mol. The van der Waals surface area contributed by atoms with E-state index in [0.29, 0.717) is 5.92 Å². The van der Waals surface area contributed by atoms with Gasteiger partial charge in [-0.3, -0.25) is 10.1 Å². The number of rotatable bonds is 3. The Balaban J connectivity index is 1.48. The minimum Gasteiger partial charge on any atom is -0.355 e. The number of H-pyrrole nitrogens is 1. The van der Waals surface area contributed by atoms with Crippen molar-refractivity contribution in [1.82, 2.24) is 15.0 Å². The Bertz CT molecular complexity index is 804. The van der Waals surface area contributed by atoms with Gasteiger partial charge in [-0.25, -0.2) is 9.97 Å². The van der Waals surface area contributed by atoms with Crippen molar-refractivity contribution in [3.8, 4) is 0 Å². The number of aromatic amines is 1. The lowest BCUT2D eigenvalue weighted by Crippen LogP contribution is -2.45. The van der Waals surface area contributed by atoms with Crippen LogP contribution in [0.15, 0.2) is 42.6 Å². The van der Waals surface area contributed by atoms with Crippen LogP contribution in [0.4, 0.5) is 11.5 Å². The average molecular weight is 295 g/mol. The molecule has 3 heterocycles. The molecule has 0 saturated carbocycles. The van der Waals surface area contributed by atoms with Crippen LogP contribution in [-0.2, 0) is 0 Å². The highest BCUT2D eigenvalue weighted by molar-refractivity contribution is 5.75. The number of nitrogens with one attached hydrogen (secondary N) is 1. The first-order chi connectivity index (χ1) is 10.7. The van der Waals surface area contributed by atoms with E-state index in [1.807, 2.05) is 24.3 Å². The van der Waals surface area contributed by atoms with E-state index in [1.165, 1.54) is 12.3 Å². The molecule has 0 aliphatic carbocycles. The molecule has 4 rings (SSSR count). The molecule has 1 aliphatic rings. The summed E-state index contributed by atoms with van der Waals surface area (Å²) in [6.07, 6.45) is 1.30. The van der Waals surface area contributed by atoms with E-state index >= 15 is 0 Å². The maximum absolute atomic E-state index is 10.6. The molecule has 2 aromatic heterocycles. The Hall–Kier alpha value is -2.96. The summed E-state index contributed by atoms with van der Waals surface area (Å²) >= 11 is 0. The summed E-state index contributed by atoms with van der Waals surface area (Å²) in [6, 6.07) is 11.1. The molecule has 7 nitrogen and oxygen atoms in total. The Labute approximate surface area is 125 Å². The van der Waals surface area contributed by atoms with Gasteiger partial charge in [-0.05, 0) is 18.2 Å². The molecule has 0 spiro atoms. The van der Waals surface area contributed by atoms with Crippen molar-refractivity contribution in [3.63, 3.8) is 0 Å². The van der Waals surface area contributed by atoms with Crippen molar-refractivity contribution < 1.29 is 4.92 Å². The van der Waals surface area contributed by atoms with Crippen LogP contribution in [0.2, 0.25) is 0 Å². The van der Waals surface area contributed by atoms with E-state index in [0.717, 1.165) is 35.8 Å². The number of anilines is 1. The van der Waals surface area contributed by atoms with Crippen LogP contribution in [0.3, 0.4) is 0 Å². The quantitative estimate of drug-likeness (QED) is 0.592. The van der Waals surface area contributed by atoms with E-state index in [1.54, 1.807) is 6.07 Å². The number of imidazole rings is 1. The molecule has 0 atom stereocenters. The van der Waals surface area contributed by atoms with Crippen molar-refractivity contribution in [2.75, 3.05) is 18.0 Å². The molecule has 1 fully saturated rings. The van der Waals surface area contributed by atoms with E-state index in [9.17, 15) is 10.1 Å². The molecule has 0 amide bonds. The third-order valence-electron chi connectivity index (χ3n) is 3.94. The van der Waals surface area contributed by atoms with Crippen LogP contribution in [0, 0.1) is 10.1 Å². The number of para-hydroxylation sites is 2. The van der Waals surface area contributed by atoms with Crippen LogP contribution in [0.1, 0.15) is 11.7 Å². The molecule has 0 bridgehead atoms. The molecule has 1 aliphatic heterocycles. The Morgan fingerprint density at radius 1 is 1.23 bits per heavy atom. The second-order valence-corrected chi connectivity index (χ2v) is 5.37. The van der Waals surface area contributed by atoms with Crippen molar-refractivity contribution in [3.05, 3.63) is 58.5 Å². The topological polar surface area (TPSA) is 88.0 Å². The first-order valence-electron chi connectivity index (χ1n) is 7.01. The van der Waals surface area contributed by atoms with Crippen LogP contribution in [-0.4, -0.2) is 33.0 Å². The zero-order valence-electron chi connectivity index (χ0n) is 11.6. The highest BCUT2D eigenvalue weighted by Gasteiger charge is 2.31. The van der Waals surface area contributed by atoms with E-state index in [-0.39, 0.29) is 5.69 Å². The number of aromatic nitrogens is 3. The predicted molar refractivity (Wildman–Crippen MR) is 81.9 cm³/mol. The van der Waals surface area contributed by atoms with Gasteiger partial charge >= 0.3 is 0 Å². The molecule has 7 heteroatoms. The van der Waals surface area contributed by atoms with E-state index in [2.05, 4.69) is 19.9 Å². The van der Waals surface area contributed by atoms with Gasteiger partial charge in [0.25, 0.3) is 5.69 Å². The Morgan fingerprint density at radius 3 is 2.73 bits per heavy atom. The van der Waals surface area contributed by atoms with Gasteiger partial charge in [-0.2, -0.15) is 0 Å². The summed E-state index contributed by atoms with van der Waals surface area (Å²) in [5.41, 5.74) is 2.03. The molecule has 110 valence electrons. The summed E-state index contributed by atoms with van der Waals surface area (Å²) in [4.78, 5) is 24.4. The Kier molecular flexibility index (Phi) is 2.78. The van der Waals surface area contributed by atoms with Crippen LogP contribution < -0.4 is 4.90 Å². The number of hydrogen-bond donors (Lipinski definition) is 1. The zero-order chi connectivity index (χ0) is 15.1. The van der Waals surface area contributed by atoms with Crippen molar-refractivity contribution in [2.24, 2.45) is 0 Å². The minimum absolute atomic E-state index is 0.0121.